The molecule has 1 heterocycles. The fourth-order valence-electron chi connectivity index (χ4n) is 3.53. The Labute approximate surface area is 181 Å². The molecule has 0 bridgehead atoms. The summed E-state index contributed by atoms with van der Waals surface area (Å²) in [5, 5.41) is 10.7. The van der Waals surface area contributed by atoms with E-state index in [1.165, 1.54) is 5.56 Å². The number of hydrogen-bond acceptors (Lipinski definition) is 2. The topological polar surface area (TPSA) is 41.6 Å². The highest BCUT2D eigenvalue weighted by atomic mass is 35.5. The van der Waals surface area contributed by atoms with E-state index in [2.05, 4.69) is 36.6 Å². The van der Waals surface area contributed by atoms with Crippen LogP contribution in [0.1, 0.15) is 42.3 Å². The molecule has 0 atom stereocenters. The van der Waals surface area contributed by atoms with Gasteiger partial charge < -0.3 is 4.57 Å². The zero-order valence-corrected chi connectivity index (χ0v) is 17.8. The van der Waals surface area contributed by atoms with E-state index < -0.39 is 0 Å². The molecule has 0 spiro atoms. The molecule has 0 radical (unpaired) electrons. The summed E-state index contributed by atoms with van der Waals surface area (Å²) in [7, 11) is 0. The van der Waals surface area contributed by atoms with Crippen LogP contribution in [0.4, 0.5) is 0 Å². The smallest absolute Gasteiger partial charge is 0.152 e. The summed E-state index contributed by atoms with van der Waals surface area (Å²) in [5.41, 5.74) is 5.60. The van der Waals surface area contributed by atoms with Crippen LogP contribution in [0.15, 0.2) is 72.8 Å². The minimum Gasteiger partial charge on any atom is -0.319 e. The van der Waals surface area contributed by atoms with E-state index in [0.717, 1.165) is 22.2 Å². The van der Waals surface area contributed by atoms with Crippen molar-refractivity contribution in [3.05, 3.63) is 100 Å². The molecule has 0 aliphatic rings. The Morgan fingerprint density at radius 2 is 1.73 bits per heavy atom. The van der Waals surface area contributed by atoms with Crippen molar-refractivity contribution in [1.82, 2.24) is 9.55 Å². The van der Waals surface area contributed by atoms with Crippen LogP contribution in [-0.2, 0) is 6.54 Å². The Morgan fingerprint density at radius 3 is 2.43 bits per heavy atom. The minimum atomic E-state index is 0.471. The molecule has 3 nitrogen and oxygen atoms in total. The second-order valence-electron chi connectivity index (χ2n) is 7.59. The van der Waals surface area contributed by atoms with Gasteiger partial charge in [-0.2, -0.15) is 5.26 Å². The fraction of sp³-hybridized carbons (Fsp3) is 0.154. The average Bonchev–Trinajstić information content (AvgIpc) is 3.12. The fourth-order valence-corrected chi connectivity index (χ4v) is 3.72. The van der Waals surface area contributed by atoms with Crippen molar-refractivity contribution >= 4 is 34.3 Å². The summed E-state index contributed by atoms with van der Waals surface area (Å²) in [6.07, 6.45) is 1.90. The van der Waals surface area contributed by atoms with Crippen molar-refractivity contribution in [2.24, 2.45) is 0 Å². The predicted octanol–water partition coefficient (Wildman–Crippen LogP) is 6.93. The van der Waals surface area contributed by atoms with Gasteiger partial charge in [0, 0.05) is 5.02 Å². The number of halogens is 1. The molecule has 0 saturated heterocycles. The first-order valence-electron chi connectivity index (χ1n) is 9.97. The molecule has 4 aromatic rings. The largest absolute Gasteiger partial charge is 0.319 e. The molecule has 4 heteroatoms. The standard InChI is InChI=1S/C26H22ClN3/c1-18(2)20-13-11-19(12-14-20)15-22(16-28)26-29-24-9-5-6-10-25(24)30(26)17-21-7-3-4-8-23(21)27/h3-15,18H,17H2,1-2H3/b22-15+. The van der Waals surface area contributed by atoms with Gasteiger partial charge in [0.15, 0.2) is 5.82 Å². The van der Waals surface area contributed by atoms with Crippen LogP contribution < -0.4 is 0 Å². The van der Waals surface area contributed by atoms with Gasteiger partial charge in [-0.15, -0.1) is 0 Å². The van der Waals surface area contributed by atoms with Gasteiger partial charge in [-0.3, -0.25) is 0 Å². The number of rotatable bonds is 5. The summed E-state index contributed by atoms with van der Waals surface area (Å²) < 4.78 is 2.06. The molecule has 0 fully saturated rings. The van der Waals surface area contributed by atoms with Crippen LogP contribution in [-0.4, -0.2) is 9.55 Å². The van der Waals surface area contributed by atoms with Crippen LogP contribution in [0.2, 0.25) is 5.02 Å². The minimum absolute atomic E-state index is 0.471. The van der Waals surface area contributed by atoms with Crippen LogP contribution in [0, 0.1) is 11.3 Å². The number of imidazole rings is 1. The number of para-hydroxylation sites is 2. The van der Waals surface area contributed by atoms with E-state index in [4.69, 9.17) is 16.6 Å². The predicted molar refractivity (Wildman–Crippen MR) is 124 cm³/mol. The van der Waals surface area contributed by atoms with Crippen molar-refractivity contribution in [2.75, 3.05) is 0 Å². The summed E-state index contributed by atoms with van der Waals surface area (Å²) in [6, 6.07) is 26.4. The lowest BCUT2D eigenvalue weighted by Crippen LogP contribution is -2.05. The molecule has 148 valence electrons. The van der Waals surface area contributed by atoms with Crippen LogP contribution in [0.25, 0.3) is 22.7 Å². The maximum atomic E-state index is 9.96. The van der Waals surface area contributed by atoms with Gasteiger partial charge in [0.25, 0.3) is 0 Å². The van der Waals surface area contributed by atoms with E-state index in [1.807, 2.05) is 66.7 Å². The Kier molecular flexibility index (Phi) is 5.70. The average molecular weight is 412 g/mol. The van der Waals surface area contributed by atoms with Gasteiger partial charge in [-0.05, 0) is 46.9 Å². The van der Waals surface area contributed by atoms with Crippen molar-refractivity contribution in [1.29, 1.82) is 5.26 Å². The van der Waals surface area contributed by atoms with E-state index in [0.29, 0.717) is 28.9 Å². The highest BCUT2D eigenvalue weighted by Crippen LogP contribution is 2.26. The highest BCUT2D eigenvalue weighted by Gasteiger charge is 2.16. The maximum Gasteiger partial charge on any atom is 0.152 e. The number of hydrogen-bond donors (Lipinski definition) is 0. The van der Waals surface area contributed by atoms with Gasteiger partial charge in [0.1, 0.15) is 6.07 Å². The second kappa shape index (κ2) is 8.57. The third kappa shape index (κ3) is 4.01. The van der Waals surface area contributed by atoms with Crippen molar-refractivity contribution in [2.45, 2.75) is 26.3 Å². The third-order valence-electron chi connectivity index (χ3n) is 5.22. The number of benzene rings is 3. The molecule has 0 aliphatic heterocycles. The van der Waals surface area contributed by atoms with E-state index in [9.17, 15) is 5.26 Å². The quantitative estimate of drug-likeness (QED) is 0.334. The van der Waals surface area contributed by atoms with Gasteiger partial charge in [0.05, 0.1) is 23.2 Å². The van der Waals surface area contributed by atoms with Crippen LogP contribution in [0.5, 0.6) is 0 Å². The van der Waals surface area contributed by atoms with Gasteiger partial charge in [-0.25, -0.2) is 4.98 Å². The Balaban J connectivity index is 1.82. The van der Waals surface area contributed by atoms with Crippen molar-refractivity contribution in [3.63, 3.8) is 0 Å². The molecule has 0 amide bonds. The number of fused-ring (bicyclic) bond motifs is 1. The van der Waals surface area contributed by atoms with Gasteiger partial charge in [-0.1, -0.05) is 80.0 Å². The monoisotopic (exact) mass is 411 g/mol. The number of aromatic nitrogens is 2. The molecule has 1 aromatic heterocycles. The third-order valence-corrected chi connectivity index (χ3v) is 5.59. The van der Waals surface area contributed by atoms with Gasteiger partial charge >= 0.3 is 0 Å². The summed E-state index contributed by atoms with van der Waals surface area (Å²) in [6.45, 7) is 4.88. The van der Waals surface area contributed by atoms with Gasteiger partial charge in [0.2, 0.25) is 0 Å². The molecule has 0 N–H and O–H groups in total. The van der Waals surface area contributed by atoms with Crippen LogP contribution >= 0.6 is 11.6 Å². The summed E-state index contributed by atoms with van der Waals surface area (Å²) in [4.78, 5) is 4.78. The molecular formula is C26H22ClN3. The zero-order valence-electron chi connectivity index (χ0n) is 17.0. The number of allylic oxidation sites excluding steroid dienone is 1. The molecule has 0 unspecified atom stereocenters. The molecular weight excluding hydrogens is 390 g/mol. The van der Waals surface area contributed by atoms with Crippen molar-refractivity contribution in [3.8, 4) is 6.07 Å². The Bertz CT molecular complexity index is 1260. The van der Waals surface area contributed by atoms with E-state index >= 15 is 0 Å². The first kappa shape index (κ1) is 19.9. The normalized spacial score (nSPS) is 11.8. The Hall–Kier alpha value is -3.35. The molecule has 0 saturated carbocycles. The summed E-state index contributed by atoms with van der Waals surface area (Å²) >= 11 is 6.41. The highest BCUT2D eigenvalue weighted by molar-refractivity contribution is 6.31. The summed E-state index contributed by atoms with van der Waals surface area (Å²) in [5.74, 6) is 1.12. The van der Waals surface area contributed by atoms with E-state index in [-0.39, 0.29) is 0 Å². The van der Waals surface area contributed by atoms with Crippen molar-refractivity contribution < 1.29 is 0 Å². The zero-order chi connectivity index (χ0) is 21.1. The maximum absolute atomic E-state index is 9.96. The SMILES string of the molecule is CC(C)c1ccc(/C=C(\C#N)c2nc3ccccc3n2Cc2ccccc2Cl)cc1. The lowest BCUT2D eigenvalue weighted by molar-refractivity contribution is 0.811. The van der Waals surface area contributed by atoms with E-state index in [1.54, 1.807) is 0 Å². The molecule has 3 aromatic carbocycles. The Morgan fingerprint density at radius 1 is 1.03 bits per heavy atom. The lowest BCUT2D eigenvalue weighted by Gasteiger charge is -2.10. The second-order valence-corrected chi connectivity index (χ2v) is 8.00. The molecule has 30 heavy (non-hydrogen) atoms. The number of nitrogens with zero attached hydrogens (tertiary/aromatic N) is 3. The number of nitriles is 1. The first-order valence-corrected chi connectivity index (χ1v) is 10.4. The lowest BCUT2D eigenvalue weighted by atomic mass is 10.0. The first-order chi connectivity index (χ1) is 14.6. The molecule has 4 rings (SSSR count). The van der Waals surface area contributed by atoms with Crippen LogP contribution in [0.3, 0.4) is 0 Å². The molecule has 0 aliphatic carbocycles.